The van der Waals surface area contributed by atoms with Crippen LogP contribution in [0.2, 0.25) is 0 Å². The van der Waals surface area contributed by atoms with Crippen LogP contribution in [0.15, 0.2) is 36.4 Å². The van der Waals surface area contributed by atoms with Gasteiger partial charge in [-0.2, -0.15) is 0 Å². The Labute approximate surface area is 126 Å². The van der Waals surface area contributed by atoms with E-state index in [0.717, 1.165) is 23.2 Å². The second-order valence-corrected chi connectivity index (χ2v) is 5.56. The maximum Gasteiger partial charge on any atom is 0.224 e. The van der Waals surface area contributed by atoms with E-state index in [2.05, 4.69) is 36.5 Å². The predicted molar refractivity (Wildman–Crippen MR) is 88.5 cm³/mol. The number of hydrogen-bond acceptors (Lipinski definition) is 2. The van der Waals surface area contributed by atoms with Crippen LogP contribution in [-0.2, 0) is 11.2 Å². The van der Waals surface area contributed by atoms with Gasteiger partial charge >= 0.3 is 0 Å². The molecule has 0 heterocycles. The molecule has 0 unspecified atom stereocenters. The van der Waals surface area contributed by atoms with Gasteiger partial charge in [-0.3, -0.25) is 4.79 Å². The van der Waals surface area contributed by atoms with Crippen LogP contribution < -0.4 is 11.1 Å². The smallest absolute Gasteiger partial charge is 0.224 e. The number of anilines is 2. The molecule has 0 aliphatic rings. The van der Waals surface area contributed by atoms with Gasteiger partial charge in [-0.1, -0.05) is 35.9 Å². The first-order valence-corrected chi connectivity index (χ1v) is 7.18. The molecule has 1 amide bonds. The Morgan fingerprint density at radius 1 is 1.05 bits per heavy atom. The zero-order valence-corrected chi connectivity index (χ0v) is 12.9. The molecule has 3 heteroatoms. The van der Waals surface area contributed by atoms with E-state index in [0.29, 0.717) is 12.1 Å². The zero-order valence-electron chi connectivity index (χ0n) is 12.9. The van der Waals surface area contributed by atoms with Crippen molar-refractivity contribution < 1.29 is 4.79 Å². The van der Waals surface area contributed by atoms with Gasteiger partial charge in [0.1, 0.15) is 0 Å². The number of carbonyl (C=O) groups is 1. The molecule has 2 aromatic rings. The van der Waals surface area contributed by atoms with Crippen LogP contribution in [0.25, 0.3) is 0 Å². The summed E-state index contributed by atoms with van der Waals surface area (Å²) >= 11 is 0. The fourth-order valence-electron chi connectivity index (χ4n) is 2.23. The average Bonchev–Trinajstić information content (AvgIpc) is 2.44. The van der Waals surface area contributed by atoms with Gasteiger partial charge in [0.15, 0.2) is 0 Å². The SMILES string of the molecule is Cc1ccc(CCC(=O)Nc2cc(N)c(C)cc2C)cc1. The minimum absolute atomic E-state index is 0.0157. The van der Waals surface area contributed by atoms with E-state index in [1.165, 1.54) is 11.1 Å². The number of aryl methyl sites for hydroxylation is 4. The van der Waals surface area contributed by atoms with E-state index in [1.807, 2.05) is 26.0 Å². The van der Waals surface area contributed by atoms with Crippen molar-refractivity contribution in [3.8, 4) is 0 Å². The lowest BCUT2D eigenvalue weighted by Crippen LogP contribution is -2.13. The molecule has 0 radical (unpaired) electrons. The van der Waals surface area contributed by atoms with E-state index >= 15 is 0 Å². The van der Waals surface area contributed by atoms with Crippen LogP contribution in [0.4, 0.5) is 11.4 Å². The van der Waals surface area contributed by atoms with E-state index < -0.39 is 0 Å². The van der Waals surface area contributed by atoms with Crippen LogP contribution in [-0.4, -0.2) is 5.91 Å². The van der Waals surface area contributed by atoms with Crippen molar-refractivity contribution in [2.75, 3.05) is 11.1 Å². The van der Waals surface area contributed by atoms with Gasteiger partial charge in [0, 0.05) is 17.8 Å². The molecule has 0 aliphatic heterocycles. The molecule has 0 spiro atoms. The van der Waals surface area contributed by atoms with Crippen molar-refractivity contribution in [1.82, 2.24) is 0 Å². The van der Waals surface area contributed by atoms with Crippen LogP contribution in [0.5, 0.6) is 0 Å². The lowest BCUT2D eigenvalue weighted by atomic mass is 10.1. The van der Waals surface area contributed by atoms with Crippen LogP contribution >= 0.6 is 0 Å². The second kappa shape index (κ2) is 6.44. The topological polar surface area (TPSA) is 55.1 Å². The highest BCUT2D eigenvalue weighted by molar-refractivity contribution is 5.92. The molecular weight excluding hydrogens is 260 g/mol. The summed E-state index contributed by atoms with van der Waals surface area (Å²) in [5.41, 5.74) is 11.9. The van der Waals surface area contributed by atoms with E-state index in [1.54, 1.807) is 0 Å². The van der Waals surface area contributed by atoms with Crippen molar-refractivity contribution >= 4 is 17.3 Å². The highest BCUT2D eigenvalue weighted by Crippen LogP contribution is 2.22. The largest absolute Gasteiger partial charge is 0.398 e. The summed E-state index contributed by atoms with van der Waals surface area (Å²) in [5, 5.41) is 2.94. The van der Waals surface area contributed by atoms with E-state index in [9.17, 15) is 4.79 Å². The normalized spacial score (nSPS) is 10.4. The Hall–Kier alpha value is -2.29. The Bertz CT molecular complexity index is 645. The Morgan fingerprint density at radius 2 is 1.71 bits per heavy atom. The van der Waals surface area contributed by atoms with E-state index in [4.69, 9.17) is 5.73 Å². The van der Waals surface area contributed by atoms with Gasteiger partial charge in [0.25, 0.3) is 0 Å². The molecular formula is C18H22N2O. The standard InChI is InChI=1S/C18H22N2O/c1-12-4-6-15(7-5-12)8-9-18(21)20-17-11-16(19)13(2)10-14(17)3/h4-7,10-11H,8-9,19H2,1-3H3,(H,20,21). The fourth-order valence-corrected chi connectivity index (χ4v) is 2.23. The van der Waals surface area contributed by atoms with Crippen LogP contribution in [0.1, 0.15) is 28.7 Å². The quantitative estimate of drug-likeness (QED) is 0.839. The molecule has 0 saturated heterocycles. The third-order valence-electron chi connectivity index (χ3n) is 3.65. The number of rotatable bonds is 4. The summed E-state index contributed by atoms with van der Waals surface area (Å²) in [5.74, 6) is 0.0157. The first-order chi connectivity index (χ1) is 9.95. The molecule has 0 aromatic heterocycles. The Balaban J connectivity index is 1.96. The number of nitrogens with one attached hydrogen (secondary N) is 1. The number of nitrogen functional groups attached to an aromatic ring is 1. The molecule has 0 atom stereocenters. The summed E-state index contributed by atoms with van der Waals surface area (Å²) in [4.78, 5) is 12.0. The minimum Gasteiger partial charge on any atom is -0.398 e. The van der Waals surface area contributed by atoms with Gasteiger partial charge in [-0.05, 0) is 49.9 Å². The van der Waals surface area contributed by atoms with Crippen LogP contribution in [0, 0.1) is 20.8 Å². The van der Waals surface area contributed by atoms with Crippen molar-refractivity contribution in [3.63, 3.8) is 0 Å². The maximum absolute atomic E-state index is 12.0. The van der Waals surface area contributed by atoms with Crippen molar-refractivity contribution in [1.29, 1.82) is 0 Å². The number of nitrogens with two attached hydrogens (primary N) is 1. The molecule has 0 aliphatic carbocycles. The summed E-state index contributed by atoms with van der Waals surface area (Å²) in [6, 6.07) is 12.1. The van der Waals surface area contributed by atoms with Crippen molar-refractivity contribution in [3.05, 3.63) is 58.7 Å². The lowest BCUT2D eigenvalue weighted by molar-refractivity contribution is -0.116. The molecule has 21 heavy (non-hydrogen) atoms. The van der Waals surface area contributed by atoms with Gasteiger partial charge in [-0.25, -0.2) is 0 Å². The van der Waals surface area contributed by atoms with E-state index in [-0.39, 0.29) is 5.91 Å². The molecule has 2 rings (SSSR count). The first-order valence-electron chi connectivity index (χ1n) is 7.18. The number of carbonyl (C=O) groups excluding carboxylic acids is 1. The Morgan fingerprint density at radius 3 is 2.38 bits per heavy atom. The molecule has 3 nitrogen and oxygen atoms in total. The highest BCUT2D eigenvalue weighted by Gasteiger charge is 2.07. The second-order valence-electron chi connectivity index (χ2n) is 5.56. The average molecular weight is 282 g/mol. The summed E-state index contributed by atoms with van der Waals surface area (Å²) in [6.45, 7) is 5.99. The first kappa shape index (κ1) is 15.1. The van der Waals surface area contributed by atoms with Gasteiger partial charge in [0.2, 0.25) is 5.91 Å². The Kier molecular flexibility index (Phi) is 4.63. The van der Waals surface area contributed by atoms with Crippen molar-refractivity contribution in [2.24, 2.45) is 0 Å². The lowest BCUT2D eigenvalue weighted by Gasteiger charge is -2.11. The predicted octanol–water partition coefficient (Wildman–Crippen LogP) is 3.77. The number of benzene rings is 2. The van der Waals surface area contributed by atoms with Crippen molar-refractivity contribution in [2.45, 2.75) is 33.6 Å². The van der Waals surface area contributed by atoms with Gasteiger partial charge in [0.05, 0.1) is 0 Å². The monoisotopic (exact) mass is 282 g/mol. The summed E-state index contributed by atoms with van der Waals surface area (Å²) in [7, 11) is 0. The number of hydrogen-bond donors (Lipinski definition) is 2. The summed E-state index contributed by atoms with van der Waals surface area (Å²) in [6.07, 6.45) is 1.21. The molecule has 3 N–H and O–H groups in total. The fraction of sp³-hybridized carbons (Fsp3) is 0.278. The molecule has 0 fully saturated rings. The van der Waals surface area contributed by atoms with Gasteiger partial charge in [-0.15, -0.1) is 0 Å². The zero-order chi connectivity index (χ0) is 15.4. The number of amides is 1. The van der Waals surface area contributed by atoms with Crippen LogP contribution in [0.3, 0.4) is 0 Å². The molecule has 0 bridgehead atoms. The third-order valence-corrected chi connectivity index (χ3v) is 3.65. The highest BCUT2D eigenvalue weighted by atomic mass is 16.1. The maximum atomic E-state index is 12.0. The molecule has 0 saturated carbocycles. The molecule has 2 aromatic carbocycles. The molecule has 110 valence electrons. The third kappa shape index (κ3) is 4.09. The minimum atomic E-state index is 0.0157. The summed E-state index contributed by atoms with van der Waals surface area (Å²) < 4.78 is 0. The van der Waals surface area contributed by atoms with Gasteiger partial charge < -0.3 is 11.1 Å².